The van der Waals surface area contributed by atoms with Gasteiger partial charge in [0.2, 0.25) is 0 Å². The fraction of sp³-hybridized carbons (Fsp3) is 0.200. The van der Waals surface area contributed by atoms with Crippen LogP contribution < -0.4 is 5.32 Å². The lowest BCUT2D eigenvalue weighted by atomic mass is 10.4. The number of amides is 1. The lowest BCUT2D eigenvalue weighted by molar-refractivity contribution is -0.137. The molecule has 1 amide bonds. The maximum Gasteiger partial charge on any atom is 0.325 e. The standard InChI is InChI=1S/C10H10N6O3/c17-9(18)5-16-4-8(14-15-16)10(19)12-3-7-1-2-11-6-13-7/h1-2,4,6H,3,5H2,(H,12,19)(H,17,18). The molecule has 98 valence electrons. The minimum absolute atomic E-state index is 0.0512. The van der Waals surface area contributed by atoms with Crippen LogP contribution in [0.25, 0.3) is 0 Å². The Morgan fingerprint density at radius 3 is 2.95 bits per heavy atom. The molecule has 0 saturated carbocycles. The second-order valence-corrected chi connectivity index (χ2v) is 3.58. The second kappa shape index (κ2) is 5.67. The van der Waals surface area contributed by atoms with E-state index in [2.05, 4.69) is 25.6 Å². The van der Waals surface area contributed by atoms with E-state index in [4.69, 9.17) is 5.11 Å². The molecule has 9 heteroatoms. The number of carboxylic acid groups (broad SMARTS) is 1. The van der Waals surface area contributed by atoms with Gasteiger partial charge in [-0.3, -0.25) is 9.59 Å². The fourth-order valence-electron chi connectivity index (χ4n) is 1.30. The molecule has 0 aliphatic heterocycles. The van der Waals surface area contributed by atoms with Crippen molar-refractivity contribution in [1.29, 1.82) is 0 Å². The summed E-state index contributed by atoms with van der Waals surface area (Å²) in [5, 5.41) is 18.3. The van der Waals surface area contributed by atoms with E-state index >= 15 is 0 Å². The van der Waals surface area contributed by atoms with Crippen molar-refractivity contribution in [1.82, 2.24) is 30.3 Å². The van der Waals surface area contributed by atoms with Crippen molar-refractivity contribution in [3.8, 4) is 0 Å². The number of nitrogens with zero attached hydrogens (tertiary/aromatic N) is 5. The third kappa shape index (κ3) is 3.56. The lowest BCUT2D eigenvalue weighted by Crippen LogP contribution is -2.23. The zero-order valence-corrected chi connectivity index (χ0v) is 9.72. The van der Waals surface area contributed by atoms with E-state index in [1.165, 1.54) is 12.5 Å². The van der Waals surface area contributed by atoms with Crippen molar-refractivity contribution in [3.05, 3.63) is 36.2 Å². The highest BCUT2D eigenvalue weighted by molar-refractivity contribution is 5.91. The van der Waals surface area contributed by atoms with Gasteiger partial charge in [-0.15, -0.1) is 5.10 Å². The van der Waals surface area contributed by atoms with Crippen LogP contribution in [0.3, 0.4) is 0 Å². The summed E-state index contributed by atoms with van der Waals surface area (Å²) in [5.41, 5.74) is 0.705. The van der Waals surface area contributed by atoms with Gasteiger partial charge < -0.3 is 10.4 Å². The first-order valence-corrected chi connectivity index (χ1v) is 5.30. The number of carboxylic acids is 1. The van der Waals surface area contributed by atoms with E-state index in [0.717, 1.165) is 4.68 Å². The average molecular weight is 262 g/mol. The Bertz CT molecular complexity index is 582. The number of rotatable bonds is 5. The van der Waals surface area contributed by atoms with Crippen molar-refractivity contribution in [2.45, 2.75) is 13.1 Å². The van der Waals surface area contributed by atoms with Crippen LogP contribution in [0.2, 0.25) is 0 Å². The van der Waals surface area contributed by atoms with Crippen molar-refractivity contribution >= 4 is 11.9 Å². The summed E-state index contributed by atoms with van der Waals surface area (Å²) in [7, 11) is 0. The van der Waals surface area contributed by atoms with E-state index in [9.17, 15) is 9.59 Å². The first-order chi connectivity index (χ1) is 9.15. The van der Waals surface area contributed by atoms with E-state index in [1.54, 1.807) is 12.3 Å². The fourth-order valence-corrected chi connectivity index (χ4v) is 1.30. The summed E-state index contributed by atoms with van der Waals surface area (Å²) in [6, 6.07) is 1.67. The SMILES string of the molecule is O=C(O)Cn1cc(C(=O)NCc2ccncn2)nn1. The highest BCUT2D eigenvalue weighted by Crippen LogP contribution is 1.95. The minimum atomic E-state index is -1.06. The van der Waals surface area contributed by atoms with Crippen LogP contribution in [0.4, 0.5) is 0 Å². The van der Waals surface area contributed by atoms with Gasteiger partial charge in [0.05, 0.1) is 18.4 Å². The number of hydrogen-bond acceptors (Lipinski definition) is 6. The van der Waals surface area contributed by atoms with Crippen LogP contribution in [-0.2, 0) is 17.9 Å². The number of hydrogen-bond donors (Lipinski definition) is 2. The predicted molar refractivity (Wildman–Crippen MR) is 60.9 cm³/mol. The normalized spacial score (nSPS) is 10.1. The molecule has 0 saturated heterocycles. The van der Waals surface area contributed by atoms with Gasteiger partial charge in [-0.05, 0) is 6.07 Å². The monoisotopic (exact) mass is 262 g/mol. The molecular weight excluding hydrogens is 252 g/mol. The zero-order chi connectivity index (χ0) is 13.7. The van der Waals surface area contributed by atoms with Gasteiger partial charge >= 0.3 is 5.97 Å². The molecule has 2 aromatic heterocycles. The Balaban J connectivity index is 1.93. The molecule has 0 atom stereocenters. The summed E-state index contributed by atoms with van der Waals surface area (Å²) in [4.78, 5) is 29.9. The second-order valence-electron chi connectivity index (χ2n) is 3.58. The lowest BCUT2D eigenvalue weighted by Gasteiger charge is -2.01. The summed E-state index contributed by atoms with van der Waals surface area (Å²) in [6.45, 7) is -0.112. The smallest absolute Gasteiger partial charge is 0.325 e. The van der Waals surface area contributed by atoms with E-state index in [0.29, 0.717) is 5.69 Å². The van der Waals surface area contributed by atoms with Gasteiger partial charge in [0.15, 0.2) is 5.69 Å². The van der Waals surface area contributed by atoms with Crippen LogP contribution >= 0.6 is 0 Å². The van der Waals surface area contributed by atoms with Gasteiger partial charge in [-0.25, -0.2) is 14.6 Å². The molecule has 19 heavy (non-hydrogen) atoms. The van der Waals surface area contributed by atoms with Gasteiger partial charge in [0, 0.05) is 6.20 Å². The van der Waals surface area contributed by atoms with Crippen molar-refractivity contribution in [2.24, 2.45) is 0 Å². The molecule has 0 aromatic carbocycles. The largest absolute Gasteiger partial charge is 0.480 e. The molecule has 2 heterocycles. The van der Waals surface area contributed by atoms with Crippen molar-refractivity contribution < 1.29 is 14.7 Å². The summed E-state index contributed by atoms with van der Waals surface area (Å²) >= 11 is 0. The predicted octanol–water partition coefficient (Wildman–Crippen LogP) is -0.917. The van der Waals surface area contributed by atoms with Crippen LogP contribution in [-0.4, -0.2) is 41.9 Å². The van der Waals surface area contributed by atoms with Crippen LogP contribution in [0.15, 0.2) is 24.8 Å². The Hall–Kier alpha value is -2.84. The van der Waals surface area contributed by atoms with Gasteiger partial charge in [-0.1, -0.05) is 5.21 Å². The number of carbonyl (C=O) groups excluding carboxylic acids is 1. The average Bonchev–Trinajstić information content (AvgIpc) is 2.85. The summed E-state index contributed by atoms with van der Waals surface area (Å²) in [6.07, 6.45) is 4.21. The third-order valence-corrected chi connectivity index (χ3v) is 2.14. The summed E-state index contributed by atoms with van der Waals surface area (Å²) in [5.74, 6) is -1.51. The van der Waals surface area contributed by atoms with Gasteiger partial charge in [-0.2, -0.15) is 0 Å². The first-order valence-electron chi connectivity index (χ1n) is 5.30. The Kier molecular flexibility index (Phi) is 3.76. The van der Waals surface area contributed by atoms with Crippen molar-refractivity contribution in [2.75, 3.05) is 0 Å². The maximum atomic E-state index is 11.7. The van der Waals surface area contributed by atoms with E-state index in [1.807, 2.05) is 0 Å². The minimum Gasteiger partial charge on any atom is -0.480 e. The van der Waals surface area contributed by atoms with Crippen molar-refractivity contribution in [3.63, 3.8) is 0 Å². The molecule has 0 radical (unpaired) electrons. The molecule has 0 aliphatic rings. The zero-order valence-electron chi connectivity index (χ0n) is 9.72. The number of carbonyl (C=O) groups is 2. The molecule has 9 nitrogen and oxygen atoms in total. The molecule has 0 spiro atoms. The van der Waals surface area contributed by atoms with Crippen LogP contribution in [0.1, 0.15) is 16.2 Å². The molecule has 2 rings (SSSR count). The highest BCUT2D eigenvalue weighted by atomic mass is 16.4. The molecule has 2 aromatic rings. The Morgan fingerprint density at radius 1 is 1.42 bits per heavy atom. The first kappa shape index (κ1) is 12.6. The van der Waals surface area contributed by atoms with Crippen LogP contribution in [0.5, 0.6) is 0 Å². The van der Waals surface area contributed by atoms with Crippen LogP contribution in [0, 0.1) is 0 Å². The quantitative estimate of drug-likeness (QED) is 0.714. The molecule has 0 fully saturated rings. The van der Waals surface area contributed by atoms with Gasteiger partial charge in [0.25, 0.3) is 5.91 Å². The topological polar surface area (TPSA) is 123 Å². The third-order valence-electron chi connectivity index (χ3n) is 2.14. The molecule has 0 unspecified atom stereocenters. The molecular formula is C10H10N6O3. The molecule has 2 N–H and O–H groups in total. The Labute approximate surface area is 107 Å². The van der Waals surface area contributed by atoms with E-state index < -0.39 is 11.9 Å². The molecule has 0 aliphatic carbocycles. The number of aliphatic carboxylic acids is 1. The number of nitrogens with one attached hydrogen (secondary N) is 1. The Morgan fingerprint density at radius 2 is 2.26 bits per heavy atom. The highest BCUT2D eigenvalue weighted by Gasteiger charge is 2.11. The summed E-state index contributed by atoms with van der Waals surface area (Å²) < 4.78 is 1.07. The molecule has 0 bridgehead atoms. The van der Waals surface area contributed by atoms with Gasteiger partial charge in [0.1, 0.15) is 12.9 Å². The van der Waals surface area contributed by atoms with E-state index in [-0.39, 0.29) is 18.8 Å². The number of aromatic nitrogens is 5. The maximum absolute atomic E-state index is 11.7.